The van der Waals surface area contributed by atoms with Gasteiger partial charge in [0.2, 0.25) is 0 Å². The lowest BCUT2D eigenvalue weighted by molar-refractivity contribution is 0.669. The highest BCUT2D eigenvalue weighted by molar-refractivity contribution is 6.18. The monoisotopic (exact) mass is 575 g/mol. The molecule has 210 valence electrons. The Kier molecular flexibility index (Phi) is 5.78. The van der Waals surface area contributed by atoms with Gasteiger partial charge in [0.15, 0.2) is 5.82 Å². The fourth-order valence-corrected chi connectivity index (χ4v) is 6.28. The maximum absolute atomic E-state index is 6.32. The molecule has 0 aliphatic rings. The topological polar surface area (TPSA) is 51.8 Å². The van der Waals surface area contributed by atoms with Gasteiger partial charge in [0.25, 0.3) is 0 Å². The second kappa shape index (κ2) is 10.2. The number of furan rings is 1. The first kappa shape index (κ1) is 25.4. The van der Waals surface area contributed by atoms with Crippen LogP contribution in [0.1, 0.15) is 0 Å². The van der Waals surface area contributed by atoms with Crippen molar-refractivity contribution >= 4 is 43.6 Å². The molecule has 0 fully saturated rings. The Morgan fingerprint density at radius 1 is 0.356 bits per heavy atom. The molecular formula is C41H25N3O. The van der Waals surface area contributed by atoms with Crippen LogP contribution in [0.25, 0.3) is 88.8 Å². The minimum Gasteiger partial charge on any atom is -0.456 e. The molecule has 0 aliphatic carbocycles. The van der Waals surface area contributed by atoms with Crippen molar-refractivity contribution in [3.05, 3.63) is 152 Å². The summed E-state index contributed by atoms with van der Waals surface area (Å²) in [6, 6.07) is 52.0. The number of rotatable bonds is 4. The van der Waals surface area contributed by atoms with Gasteiger partial charge in [-0.15, -0.1) is 0 Å². The summed E-state index contributed by atoms with van der Waals surface area (Å²) in [6.45, 7) is 0. The van der Waals surface area contributed by atoms with Crippen LogP contribution < -0.4 is 0 Å². The van der Waals surface area contributed by atoms with Crippen LogP contribution in [0.2, 0.25) is 0 Å². The molecule has 9 rings (SSSR count). The third-order valence-corrected chi connectivity index (χ3v) is 8.46. The van der Waals surface area contributed by atoms with Gasteiger partial charge in [-0.05, 0) is 41.8 Å². The number of pyridine rings is 1. The molecule has 9 aromatic rings. The Hall–Kier alpha value is -6.13. The predicted molar refractivity (Wildman–Crippen MR) is 184 cm³/mol. The van der Waals surface area contributed by atoms with Crippen molar-refractivity contribution in [3.63, 3.8) is 0 Å². The van der Waals surface area contributed by atoms with E-state index in [2.05, 4.69) is 84.9 Å². The third-order valence-electron chi connectivity index (χ3n) is 8.46. The fraction of sp³-hybridized carbons (Fsp3) is 0. The van der Waals surface area contributed by atoms with E-state index in [1.54, 1.807) is 0 Å². The summed E-state index contributed by atoms with van der Waals surface area (Å²) < 4.78 is 6.32. The Bertz CT molecular complexity index is 2480. The quantitative estimate of drug-likeness (QED) is 0.196. The highest BCUT2D eigenvalue weighted by Gasteiger charge is 2.16. The van der Waals surface area contributed by atoms with Crippen LogP contribution in [0, 0.1) is 0 Å². The molecule has 4 nitrogen and oxygen atoms in total. The standard InChI is InChI=1S/C41H25N3O/c1-3-12-26(13-4-1)36-25-37(44-41(43-36)27-14-5-2-6-15-27)28-16-11-17-29(22-28)40-34-24-39-33(31-19-8-10-21-38(31)45-39)23-32(34)30-18-7-9-20-35(30)42-40/h1-25H. The van der Waals surface area contributed by atoms with E-state index < -0.39 is 0 Å². The first-order valence-corrected chi connectivity index (χ1v) is 15.0. The van der Waals surface area contributed by atoms with Gasteiger partial charge in [0.05, 0.1) is 22.6 Å². The molecule has 4 heteroatoms. The van der Waals surface area contributed by atoms with Gasteiger partial charge in [-0.2, -0.15) is 0 Å². The van der Waals surface area contributed by atoms with E-state index in [1.807, 2.05) is 66.7 Å². The summed E-state index contributed by atoms with van der Waals surface area (Å²) in [5.41, 5.74) is 9.38. The molecule has 0 aliphatic heterocycles. The molecule has 0 radical (unpaired) electrons. The lowest BCUT2D eigenvalue weighted by Gasteiger charge is -2.13. The molecule has 45 heavy (non-hydrogen) atoms. The Morgan fingerprint density at radius 3 is 1.82 bits per heavy atom. The van der Waals surface area contributed by atoms with Crippen LogP contribution in [0.5, 0.6) is 0 Å². The molecule has 0 unspecified atom stereocenters. The zero-order chi connectivity index (χ0) is 29.7. The molecule has 0 spiro atoms. The summed E-state index contributed by atoms with van der Waals surface area (Å²) in [7, 11) is 0. The highest BCUT2D eigenvalue weighted by Crippen LogP contribution is 2.39. The number of hydrogen-bond acceptors (Lipinski definition) is 4. The van der Waals surface area contributed by atoms with E-state index in [1.165, 1.54) is 0 Å². The second-order valence-corrected chi connectivity index (χ2v) is 11.2. The van der Waals surface area contributed by atoms with E-state index in [9.17, 15) is 0 Å². The van der Waals surface area contributed by atoms with Gasteiger partial charge in [0, 0.05) is 43.8 Å². The van der Waals surface area contributed by atoms with Gasteiger partial charge in [-0.25, -0.2) is 15.0 Å². The molecule has 3 heterocycles. The van der Waals surface area contributed by atoms with E-state index in [0.29, 0.717) is 5.82 Å². The number of hydrogen-bond donors (Lipinski definition) is 0. The van der Waals surface area contributed by atoms with Gasteiger partial charge in [-0.3, -0.25) is 0 Å². The van der Waals surface area contributed by atoms with Crippen LogP contribution in [0.4, 0.5) is 0 Å². The van der Waals surface area contributed by atoms with Gasteiger partial charge >= 0.3 is 0 Å². The van der Waals surface area contributed by atoms with E-state index in [0.717, 1.165) is 82.9 Å². The van der Waals surface area contributed by atoms with Crippen molar-refractivity contribution in [2.24, 2.45) is 0 Å². The fourth-order valence-electron chi connectivity index (χ4n) is 6.28. The van der Waals surface area contributed by atoms with Crippen molar-refractivity contribution in [2.45, 2.75) is 0 Å². The number of fused-ring (bicyclic) bond motifs is 6. The van der Waals surface area contributed by atoms with Crippen LogP contribution in [0.15, 0.2) is 156 Å². The highest BCUT2D eigenvalue weighted by atomic mass is 16.3. The maximum Gasteiger partial charge on any atom is 0.160 e. The van der Waals surface area contributed by atoms with Crippen LogP contribution in [-0.2, 0) is 0 Å². The summed E-state index contributed by atoms with van der Waals surface area (Å²) in [6.07, 6.45) is 0. The Morgan fingerprint density at radius 2 is 1.00 bits per heavy atom. The zero-order valence-electron chi connectivity index (χ0n) is 24.2. The average molecular weight is 576 g/mol. The zero-order valence-corrected chi connectivity index (χ0v) is 24.2. The van der Waals surface area contributed by atoms with Crippen molar-refractivity contribution < 1.29 is 4.42 Å². The summed E-state index contributed by atoms with van der Waals surface area (Å²) in [5, 5.41) is 5.55. The minimum absolute atomic E-state index is 0.693. The predicted octanol–water partition coefficient (Wildman–Crippen LogP) is 10.7. The molecule has 0 saturated carbocycles. The summed E-state index contributed by atoms with van der Waals surface area (Å²) in [4.78, 5) is 15.3. The summed E-state index contributed by atoms with van der Waals surface area (Å²) in [5.74, 6) is 0.693. The van der Waals surface area contributed by atoms with E-state index in [-0.39, 0.29) is 0 Å². The molecule has 0 N–H and O–H groups in total. The first-order valence-electron chi connectivity index (χ1n) is 15.0. The van der Waals surface area contributed by atoms with Crippen LogP contribution in [0.3, 0.4) is 0 Å². The Balaban J connectivity index is 1.27. The Labute approximate surface area is 259 Å². The van der Waals surface area contributed by atoms with Crippen LogP contribution >= 0.6 is 0 Å². The third kappa shape index (κ3) is 4.35. The first-order chi connectivity index (χ1) is 22.3. The van der Waals surface area contributed by atoms with Crippen molar-refractivity contribution in [1.29, 1.82) is 0 Å². The van der Waals surface area contributed by atoms with E-state index >= 15 is 0 Å². The normalized spacial score (nSPS) is 11.6. The second-order valence-electron chi connectivity index (χ2n) is 11.2. The lowest BCUT2D eigenvalue weighted by Crippen LogP contribution is -1.96. The van der Waals surface area contributed by atoms with Crippen molar-refractivity contribution in [1.82, 2.24) is 15.0 Å². The lowest BCUT2D eigenvalue weighted by atomic mass is 9.96. The van der Waals surface area contributed by atoms with Crippen molar-refractivity contribution in [3.8, 4) is 45.2 Å². The van der Waals surface area contributed by atoms with Crippen LogP contribution in [-0.4, -0.2) is 15.0 Å². The molecular weight excluding hydrogens is 550 g/mol. The minimum atomic E-state index is 0.693. The maximum atomic E-state index is 6.32. The van der Waals surface area contributed by atoms with E-state index in [4.69, 9.17) is 19.4 Å². The molecule has 0 saturated heterocycles. The number of benzene rings is 6. The van der Waals surface area contributed by atoms with Gasteiger partial charge in [-0.1, -0.05) is 115 Å². The largest absolute Gasteiger partial charge is 0.456 e. The van der Waals surface area contributed by atoms with Gasteiger partial charge < -0.3 is 4.42 Å². The smallest absolute Gasteiger partial charge is 0.160 e. The SMILES string of the molecule is c1ccc(-c2cc(-c3cccc(-c4nc5ccccc5c5cc6c(cc45)oc4ccccc46)c3)nc(-c3ccccc3)n2)cc1. The molecule has 3 aromatic heterocycles. The average Bonchev–Trinajstić information content (AvgIpc) is 3.48. The van der Waals surface area contributed by atoms with Gasteiger partial charge in [0.1, 0.15) is 11.2 Å². The number of nitrogens with zero attached hydrogens (tertiary/aromatic N) is 3. The number of para-hydroxylation sites is 2. The molecule has 0 amide bonds. The van der Waals surface area contributed by atoms with Crippen molar-refractivity contribution in [2.75, 3.05) is 0 Å². The molecule has 0 atom stereocenters. The molecule has 0 bridgehead atoms. The molecule has 6 aromatic carbocycles. The number of aromatic nitrogens is 3. The summed E-state index contributed by atoms with van der Waals surface area (Å²) >= 11 is 0.